The average molecular weight is 441 g/mol. The van der Waals surface area contributed by atoms with Crippen LogP contribution in [0.2, 0.25) is 5.82 Å². The van der Waals surface area contributed by atoms with Crippen LogP contribution in [0.1, 0.15) is 167 Å². The smallest absolute Gasteiger partial charge is 0.0699 e. The Morgan fingerprint density at radius 2 is 0.875 bits per heavy atom. The van der Waals surface area contributed by atoms with Gasteiger partial charge in [0.25, 0.3) is 0 Å². The van der Waals surface area contributed by atoms with Crippen LogP contribution >= 0.6 is 0 Å². The van der Waals surface area contributed by atoms with Gasteiger partial charge in [0.15, 0.2) is 0 Å². The number of fused-ring (bicyclic) bond motifs is 2. The van der Waals surface area contributed by atoms with Crippen molar-refractivity contribution in [1.82, 2.24) is 0 Å². The fourth-order valence-electron chi connectivity index (χ4n) is 7.88. The summed E-state index contributed by atoms with van der Waals surface area (Å²) in [5, 5.41) is 0. The lowest BCUT2D eigenvalue weighted by Gasteiger charge is -2.51. The van der Waals surface area contributed by atoms with E-state index in [9.17, 15) is 0 Å². The van der Waals surface area contributed by atoms with E-state index in [2.05, 4.69) is 6.92 Å². The highest BCUT2D eigenvalue weighted by Crippen LogP contribution is 2.54. The van der Waals surface area contributed by atoms with E-state index < -0.39 is 0 Å². The minimum absolute atomic E-state index is 0.461. The largest absolute Gasteiger partial charge is 0.0771 e. The zero-order valence-corrected chi connectivity index (χ0v) is 22.1. The molecule has 0 nitrogen and oxygen atoms in total. The van der Waals surface area contributed by atoms with Gasteiger partial charge in [-0.15, -0.1) is 0 Å². The zero-order valence-electron chi connectivity index (χ0n) is 22.1. The summed E-state index contributed by atoms with van der Waals surface area (Å²) in [6, 6.07) is 0. The molecule has 0 amide bonds. The molecule has 1 heteroatoms. The lowest BCUT2D eigenvalue weighted by atomic mass is 9.54. The standard InChI is InChI=1S/C31H57B/c1-31(29-21-17-13-10-14-18-22-30(32)26-29)24-23-27-19-15-11-8-6-4-2-3-5-7-9-12-16-20-28(31)25-27/h27-30H,2-26H2,1H3. The Kier molecular flexibility index (Phi) is 12.6. The van der Waals surface area contributed by atoms with Gasteiger partial charge < -0.3 is 0 Å². The van der Waals surface area contributed by atoms with E-state index in [-0.39, 0.29) is 0 Å². The molecule has 184 valence electrons. The third-order valence-corrected chi connectivity index (χ3v) is 10.2. The van der Waals surface area contributed by atoms with Crippen LogP contribution in [0.3, 0.4) is 0 Å². The minimum Gasteiger partial charge on any atom is -0.0771 e. The molecule has 32 heavy (non-hydrogen) atoms. The van der Waals surface area contributed by atoms with Gasteiger partial charge in [-0.3, -0.25) is 0 Å². The quantitative estimate of drug-likeness (QED) is 0.356. The SMILES string of the molecule is [B]C1CCCCCCCC(C2(C)CCC3CCCCCCCCCCCCCCC2C3)C1. The van der Waals surface area contributed by atoms with Crippen molar-refractivity contribution in [1.29, 1.82) is 0 Å². The maximum atomic E-state index is 6.72. The first-order valence-corrected chi connectivity index (χ1v) is 15.4. The first-order valence-electron chi connectivity index (χ1n) is 15.4. The van der Waals surface area contributed by atoms with Crippen LogP contribution in [0.5, 0.6) is 0 Å². The van der Waals surface area contributed by atoms with E-state index in [0.717, 1.165) is 17.8 Å². The molecule has 0 aromatic carbocycles. The third kappa shape index (κ3) is 9.02. The van der Waals surface area contributed by atoms with Crippen LogP contribution in [-0.4, -0.2) is 7.85 Å². The molecular formula is C31H57B. The van der Waals surface area contributed by atoms with Gasteiger partial charge in [-0.2, -0.15) is 0 Å². The van der Waals surface area contributed by atoms with Crippen molar-refractivity contribution in [3.05, 3.63) is 0 Å². The van der Waals surface area contributed by atoms with Crippen molar-refractivity contribution in [2.75, 3.05) is 0 Å². The molecule has 0 saturated heterocycles. The average Bonchev–Trinajstić information content (AvgIpc) is 2.79. The Bertz CT molecular complexity index is 473. The first kappa shape index (κ1) is 26.7. The lowest BCUT2D eigenvalue weighted by molar-refractivity contribution is 0.000505. The van der Waals surface area contributed by atoms with E-state index in [1.807, 2.05) is 0 Å². The van der Waals surface area contributed by atoms with Crippen LogP contribution in [-0.2, 0) is 0 Å². The van der Waals surface area contributed by atoms with Gasteiger partial charge in [-0.1, -0.05) is 141 Å². The van der Waals surface area contributed by atoms with E-state index in [4.69, 9.17) is 7.85 Å². The maximum absolute atomic E-state index is 6.72. The van der Waals surface area contributed by atoms with Crippen LogP contribution in [0.15, 0.2) is 0 Å². The zero-order chi connectivity index (χ0) is 22.5. The molecule has 0 aliphatic heterocycles. The molecule has 5 atom stereocenters. The summed E-state index contributed by atoms with van der Waals surface area (Å²) in [4.78, 5) is 0. The predicted octanol–water partition coefficient (Wildman–Crippen LogP) is 10.6. The highest BCUT2D eigenvalue weighted by Gasteiger charge is 2.44. The molecule has 0 aromatic rings. The molecule has 2 radical (unpaired) electrons. The van der Waals surface area contributed by atoms with Crippen molar-refractivity contribution >= 4 is 7.85 Å². The number of rotatable bonds is 1. The molecule has 5 unspecified atom stereocenters. The summed E-state index contributed by atoms with van der Waals surface area (Å²) in [6.45, 7) is 2.74. The number of hydrogen-bond acceptors (Lipinski definition) is 0. The van der Waals surface area contributed by atoms with Crippen molar-refractivity contribution in [2.24, 2.45) is 23.2 Å². The number of hydrogen-bond donors (Lipinski definition) is 0. The fourth-order valence-corrected chi connectivity index (χ4v) is 7.88. The summed E-state index contributed by atoms with van der Waals surface area (Å²) in [5.74, 6) is 3.34. The highest BCUT2D eigenvalue weighted by atomic mass is 14.5. The van der Waals surface area contributed by atoms with Gasteiger partial charge >= 0.3 is 0 Å². The monoisotopic (exact) mass is 440 g/mol. The summed E-state index contributed by atoms with van der Waals surface area (Å²) < 4.78 is 0. The van der Waals surface area contributed by atoms with Crippen molar-refractivity contribution < 1.29 is 0 Å². The van der Waals surface area contributed by atoms with Gasteiger partial charge in [-0.25, -0.2) is 0 Å². The summed E-state index contributed by atoms with van der Waals surface area (Å²) in [6.07, 6.45) is 36.7. The predicted molar refractivity (Wildman–Crippen MR) is 144 cm³/mol. The Labute approximate surface area is 204 Å². The Morgan fingerprint density at radius 1 is 0.469 bits per heavy atom. The van der Waals surface area contributed by atoms with Gasteiger partial charge in [0.1, 0.15) is 0 Å². The molecule has 2 bridgehead atoms. The maximum Gasteiger partial charge on any atom is 0.0699 e. The van der Waals surface area contributed by atoms with Gasteiger partial charge in [0.05, 0.1) is 7.85 Å². The Hall–Kier alpha value is 0.0649. The molecule has 3 aliphatic carbocycles. The molecule has 0 spiro atoms. The normalized spacial score (nSPS) is 38.4. The van der Waals surface area contributed by atoms with Crippen molar-refractivity contribution in [3.63, 3.8) is 0 Å². The second kappa shape index (κ2) is 15.1. The lowest BCUT2D eigenvalue weighted by Crippen LogP contribution is -2.41. The van der Waals surface area contributed by atoms with E-state index in [0.29, 0.717) is 11.2 Å². The molecule has 0 aromatic heterocycles. The van der Waals surface area contributed by atoms with Crippen LogP contribution < -0.4 is 0 Å². The molecule has 3 saturated carbocycles. The molecule has 0 N–H and O–H groups in total. The van der Waals surface area contributed by atoms with Crippen LogP contribution in [0.25, 0.3) is 0 Å². The topological polar surface area (TPSA) is 0 Å². The molecule has 3 aliphatic rings. The van der Waals surface area contributed by atoms with Gasteiger partial charge in [0.2, 0.25) is 0 Å². The highest BCUT2D eigenvalue weighted by molar-refractivity contribution is 6.11. The fraction of sp³-hybridized carbons (Fsp3) is 1.00. The van der Waals surface area contributed by atoms with Crippen LogP contribution in [0, 0.1) is 23.2 Å². The summed E-state index contributed by atoms with van der Waals surface area (Å²) >= 11 is 0. The summed E-state index contributed by atoms with van der Waals surface area (Å²) in [7, 11) is 6.72. The van der Waals surface area contributed by atoms with Crippen molar-refractivity contribution in [2.45, 2.75) is 173 Å². The molecular weight excluding hydrogens is 383 g/mol. The van der Waals surface area contributed by atoms with E-state index >= 15 is 0 Å². The van der Waals surface area contributed by atoms with E-state index in [1.54, 1.807) is 6.42 Å². The van der Waals surface area contributed by atoms with Crippen molar-refractivity contribution in [3.8, 4) is 0 Å². The molecule has 3 fully saturated rings. The minimum atomic E-state index is 0.461. The van der Waals surface area contributed by atoms with Gasteiger partial charge in [-0.05, 0) is 55.3 Å². The summed E-state index contributed by atoms with van der Waals surface area (Å²) in [5.41, 5.74) is 0.566. The Balaban J connectivity index is 1.63. The third-order valence-electron chi connectivity index (χ3n) is 10.2. The van der Waals surface area contributed by atoms with Gasteiger partial charge in [0, 0.05) is 0 Å². The van der Waals surface area contributed by atoms with E-state index in [1.165, 1.54) is 154 Å². The molecule has 0 heterocycles. The second-order valence-electron chi connectivity index (χ2n) is 12.7. The van der Waals surface area contributed by atoms with Crippen LogP contribution in [0.4, 0.5) is 0 Å². The first-order chi connectivity index (χ1) is 15.7. The Morgan fingerprint density at radius 3 is 1.41 bits per heavy atom. The molecule has 3 rings (SSSR count). The second-order valence-corrected chi connectivity index (χ2v) is 12.7.